The van der Waals surface area contributed by atoms with E-state index in [1.807, 2.05) is 0 Å². The fourth-order valence-corrected chi connectivity index (χ4v) is 4.77. The van der Waals surface area contributed by atoms with Crippen molar-refractivity contribution in [1.82, 2.24) is 4.90 Å². The van der Waals surface area contributed by atoms with Gasteiger partial charge in [0, 0.05) is 18.9 Å². The summed E-state index contributed by atoms with van der Waals surface area (Å²) in [6.45, 7) is 10.9. The van der Waals surface area contributed by atoms with Gasteiger partial charge in [0.05, 0.1) is 5.60 Å². The minimum Gasteiger partial charge on any atom is -0.390 e. The highest BCUT2D eigenvalue weighted by atomic mass is 16.3. The lowest BCUT2D eigenvalue weighted by atomic mass is 9.75. The Hall–Kier alpha value is -1.54. The molecule has 0 atom stereocenters. The molecule has 1 aliphatic heterocycles. The molecule has 148 valence electrons. The summed E-state index contributed by atoms with van der Waals surface area (Å²) in [6.07, 6.45) is 18.7. The van der Waals surface area contributed by atoms with Crippen molar-refractivity contribution in [1.29, 1.82) is 0 Å². The molecule has 0 saturated heterocycles. The molecular weight excluding hydrogens is 330 g/mol. The van der Waals surface area contributed by atoms with Crippen molar-refractivity contribution in [2.45, 2.75) is 83.2 Å². The molecule has 0 aromatic heterocycles. The maximum absolute atomic E-state index is 10.6. The summed E-state index contributed by atoms with van der Waals surface area (Å²) in [5.41, 5.74) is 6.17. The van der Waals surface area contributed by atoms with Crippen LogP contribution in [0.15, 0.2) is 59.5 Å². The van der Waals surface area contributed by atoms with E-state index < -0.39 is 5.60 Å². The SMILES string of the molecule is C=C(CCCC(=C)/C(=C1/C=C(C)C=CN1C)C1CCC1)CC1(O)CCCC1. The van der Waals surface area contributed by atoms with Gasteiger partial charge in [-0.2, -0.15) is 0 Å². The molecule has 0 spiro atoms. The summed E-state index contributed by atoms with van der Waals surface area (Å²) >= 11 is 0. The minimum atomic E-state index is -0.466. The smallest absolute Gasteiger partial charge is 0.0684 e. The van der Waals surface area contributed by atoms with Gasteiger partial charge in [-0.1, -0.05) is 38.0 Å². The van der Waals surface area contributed by atoms with E-state index >= 15 is 0 Å². The molecule has 3 aliphatic rings. The van der Waals surface area contributed by atoms with Gasteiger partial charge in [-0.15, -0.1) is 0 Å². The molecule has 1 heterocycles. The van der Waals surface area contributed by atoms with Crippen LogP contribution in [-0.2, 0) is 0 Å². The number of nitrogens with zero attached hydrogens (tertiary/aromatic N) is 1. The molecule has 27 heavy (non-hydrogen) atoms. The van der Waals surface area contributed by atoms with E-state index in [4.69, 9.17) is 0 Å². The zero-order valence-corrected chi connectivity index (χ0v) is 17.4. The van der Waals surface area contributed by atoms with Gasteiger partial charge in [-0.05, 0) is 93.1 Å². The Labute approximate surface area is 166 Å². The van der Waals surface area contributed by atoms with Gasteiger partial charge in [-0.3, -0.25) is 0 Å². The second-order valence-electron chi connectivity index (χ2n) is 9.06. The van der Waals surface area contributed by atoms with E-state index in [0.29, 0.717) is 5.92 Å². The molecule has 0 aromatic rings. The first-order valence-electron chi connectivity index (χ1n) is 10.8. The predicted octanol–water partition coefficient (Wildman–Crippen LogP) is 6.42. The van der Waals surface area contributed by atoms with Gasteiger partial charge in [0.15, 0.2) is 0 Å². The molecule has 0 unspecified atom stereocenters. The molecule has 0 bridgehead atoms. The molecule has 2 heteroatoms. The highest BCUT2D eigenvalue weighted by molar-refractivity contribution is 5.45. The van der Waals surface area contributed by atoms with E-state index in [2.05, 4.69) is 50.4 Å². The van der Waals surface area contributed by atoms with Crippen LogP contribution in [0.1, 0.15) is 77.6 Å². The number of hydrogen-bond donors (Lipinski definition) is 1. The molecule has 0 radical (unpaired) electrons. The number of aliphatic hydroxyl groups is 1. The number of rotatable bonds is 8. The molecule has 3 rings (SSSR count). The maximum atomic E-state index is 10.6. The van der Waals surface area contributed by atoms with Crippen LogP contribution in [0, 0.1) is 5.92 Å². The van der Waals surface area contributed by atoms with Gasteiger partial charge < -0.3 is 10.0 Å². The number of allylic oxidation sites excluding steroid dienone is 5. The molecule has 2 saturated carbocycles. The van der Waals surface area contributed by atoms with E-state index in [9.17, 15) is 5.11 Å². The second-order valence-corrected chi connectivity index (χ2v) is 9.06. The predicted molar refractivity (Wildman–Crippen MR) is 115 cm³/mol. The van der Waals surface area contributed by atoms with Crippen LogP contribution >= 0.6 is 0 Å². The van der Waals surface area contributed by atoms with Crippen LogP contribution in [0.3, 0.4) is 0 Å². The zero-order valence-electron chi connectivity index (χ0n) is 17.4. The Bertz CT molecular complexity index is 668. The van der Waals surface area contributed by atoms with Gasteiger partial charge in [0.25, 0.3) is 0 Å². The van der Waals surface area contributed by atoms with Gasteiger partial charge in [0.2, 0.25) is 0 Å². The lowest BCUT2D eigenvalue weighted by molar-refractivity contribution is 0.0475. The minimum absolute atomic E-state index is 0.466. The Kier molecular flexibility index (Phi) is 6.47. The van der Waals surface area contributed by atoms with Crippen LogP contribution in [0.25, 0.3) is 0 Å². The quantitative estimate of drug-likeness (QED) is 0.500. The molecule has 0 aromatic carbocycles. The van der Waals surface area contributed by atoms with Crippen molar-refractivity contribution in [3.63, 3.8) is 0 Å². The van der Waals surface area contributed by atoms with Crippen molar-refractivity contribution in [3.05, 3.63) is 59.5 Å². The van der Waals surface area contributed by atoms with Crippen LogP contribution in [0.4, 0.5) is 0 Å². The summed E-state index contributed by atoms with van der Waals surface area (Å²) in [6, 6.07) is 0. The standard InChI is InChI=1S/C25H37NO/c1-19-13-16-26(4)23(17-19)24(22-11-8-12-22)21(3)10-7-9-20(2)18-25(27)14-5-6-15-25/h13,16-17,22,27H,2-3,5-12,14-15,18H2,1,4H3/b24-23+. The van der Waals surface area contributed by atoms with Gasteiger partial charge in [-0.25, -0.2) is 0 Å². The molecular formula is C25H37NO. The second kappa shape index (κ2) is 8.65. The topological polar surface area (TPSA) is 23.5 Å². The summed E-state index contributed by atoms with van der Waals surface area (Å²) in [7, 11) is 2.14. The molecule has 1 N–H and O–H groups in total. The van der Waals surface area contributed by atoms with Crippen molar-refractivity contribution in [2.75, 3.05) is 7.05 Å². The first-order valence-corrected chi connectivity index (χ1v) is 10.8. The van der Waals surface area contributed by atoms with Crippen LogP contribution < -0.4 is 0 Å². The van der Waals surface area contributed by atoms with Gasteiger partial charge in [0.1, 0.15) is 0 Å². The fraction of sp³-hybridized carbons (Fsp3) is 0.600. The van der Waals surface area contributed by atoms with Crippen molar-refractivity contribution in [3.8, 4) is 0 Å². The largest absolute Gasteiger partial charge is 0.390 e. The Morgan fingerprint density at radius 3 is 2.52 bits per heavy atom. The zero-order chi connectivity index (χ0) is 19.4. The van der Waals surface area contributed by atoms with E-state index in [-0.39, 0.29) is 0 Å². The maximum Gasteiger partial charge on any atom is 0.0684 e. The average Bonchev–Trinajstić information content (AvgIpc) is 2.99. The lowest BCUT2D eigenvalue weighted by Gasteiger charge is -2.34. The summed E-state index contributed by atoms with van der Waals surface area (Å²) < 4.78 is 0. The van der Waals surface area contributed by atoms with Gasteiger partial charge >= 0.3 is 0 Å². The first-order chi connectivity index (χ1) is 12.9. The lowest BCUT2D eigenvalue weighted by Crippen LogP contribution is -2.24. The van der Waals surface area contributed by atoms with E-state index in [1.165, 1.54) is 47.3 Å². The Morgan fingerprint density at radius 2 is 1.89 bits per heavy atom. The first kappa shape index (κ1) is 20.2. The Balaban J connectivity index is 1.59. The third-order valence-corrected chi connectivity index (χ3v) is 6.60. The molecule has 0 amide bonds. The van der Waals surface area contributed by atoms with Crippen molar-refractivity contribution in [2.24, 2.45) is 5.92 Å². The van der Waals surface area contributed by atoms with Crippen LogP contribution in [-0.4, -0.2) is 22.7 Å². The third-order valence-electron chi connectivity index (χ3n) is 6.60. The molecule has 2 nitrogen and oxygen atoms in total. The number of likely N-dealkylation sites (N-methyl/N-ethyl adjacent to an activating group) is 1. The van der Waals surface area contributed by atoms with Crippen molar-refractivity contribution < 1.29 is 5.11 Å². The van der Waals surface area contributed by atoms with E-state index in [1.54, 1.807) is 0 Å². The Morgan fingerprint density at radius 1 is 1.19 bits per heavy atom. The summed E-state index contributed by atoms with van der Waals surface area (Å²) in [5.74, 6) is 0.674. The summed E-state index contributed by atoms with van der Waals surface area (Å²) in [5, 5.41) is 10.6. The van der Waals surface area contributed by atoms with Crippen molar-refractivity contribution >= 4 is 0 Å². The molecule has 2 fully saturated rings. The number of hydrogen-bond acceptors (Lipinski definition) is 2. The normalized spacial score (nSPS) is 23.8. The van der Waals surface area contributed by atoms with Crippen LogP contribution in [0.5, 0.6) is 0 Å². The molecule has 2 aliphatic carbocycles. The van der Waals surface area contributed by atoms with E-state index in [0.717, 1.165) is 51.4 Å². The van der Waals surface area contributed by atoms with Crippen LogP contribution in [0.2, 0.25) is 0 Å². The third kappa shape index (κ3) is 5.04. The monoisotopic (exact) mass is 367 g/mol. The average molecular weight is 368 g/mol. The highest BCUT2D eigenvalue weighted by Gasteiger charge is 2.31. The fourth-order valence-electron chi connectivity index (χ4n) is 4.77. The highest BCUT2D eigenvalue weighted by Crippen LogP contribution is 2.41. The summed E-state index contributed by atoms with van der Waals surface area (Å²) in [4.78, 5) is 2.25.